The van der Waals surface area contributed by atoms with E-state index >= 15 is 0 Å². The Labute approximate surface area is 110 Å². The van der Waals surface area contributed by atoms with Crippen molar-refractivity contribution < 1.29 is 14.6 Å². The van der Waals surface area contributed by atoms with Crippen LogP contribution in [0.25, 0.3) is 10.8 Å². The van der Waals surface area contributed by atoms with Gasteiger partial charge in [-0.05, 0) is 17.5 Å². The molecule has 1 N–H and O–H groups in total. The maximum absolute atomic E-state index is 11.4. The van der Waals surface area contributed by atoms with Crippen LogP contribution in [0.4, 0.5) is 5.82 Å². The number of morpholine rings is 1. The molecule has 1 aliphatic rings. The van der Waals surface area contributed by atoms with Crippen LogP contribution in [-0.2, 0) is 4.74 Å². The lowest BCUT2D eigenvalue weighted by molar-refractivity contribution is 0.0699. The third-order valence-corrected chi connectivity index (χ3v) is 3.31. The number of ether oxygens (including phenoxy) is 1. The minimum Gasteiger partial charge on any atom is -0.478 e. The highest BCUT2D eigenvalue weighted by Crippen LogP contribution is 2.28. The smallest absolute Gasteiger partial charge is 0.336 e. The largest absolute Gasteiger partial charge is 0.478 e. The number of nitrogens with zero attached hydrogens (tertiary/aromatic N) is 2. The Morgan fingerprint density at radius 1 is 1.26 bits per heavy atom. The Kier molecular flexibility index (Phi) is 3.05. The van der Waals surface area contributed by atoms with Crippen molar-refractivity contribution in [3.8, 4) is 0 Å². The van der Waals surface area contributed by atoms with Gasteiger partial charge < -0.3 is 14.7 Å². The zero-order chi connectivity index (χ0) is 13.2. The number of hydrogen-bond donors (Lipinski definition) is 1. The number of anilines is 1. The fourth-order valence-electron chi connectivity index (χ4n) is 2.40. The Morgan fingerprint density at radius 2 is 2.05 bits per heavy atom. The predicted molar refractivity (Wildman–Crippen MR) is 71.7 cm³/mol. The molecule has 5 nitrogen and oxygen atoms in total. The van der Waals surface area contributed by atoms with Crippen LogP contribution in [0.3, 0.4) is 0 Å². The van der Waals surface area contributed by atoms with Crippen LogP contribution in [0.2, 0.25) is 0 Å². The van der Waals surface area contributed by atoms with Crippen LogP contribution in [0.1, 0.15) is 10.4 Å². The molecule has 0 radical (unpaired) electrons. The number of carboxylic acids is 1. The maximum atomic E-state index is 11.4. The van der Waals surface area contributed by atoms with Crippen LogP contribution in [0, 0.1) is 0 Å². The lowest BCUT2D eigenvalue weighted by Gasteiger charge is -2.29. The number of hydrogen-bond acceptors (Lipinski definition) is 4. The highest BCUT2D eigenvalue weighted by atomic mass is 16.5. The molecule has 0 atom stereocenters. The SMILES string of the molecule is O=C(O)c1cccc2ccnc(N3CCOCC3)c12. The maximum Gasteiger partial charge on any atom is 0.336 e. The highest BCUT2D eigenvalue weighted by Gasteiger charge is 2.19. The summed E-state index contributed by atoms with van der Waals surface area (Å²) >= 11 is 0. The molecule has 1 saturated heterocycles. The van der Waals surface area contributed by atoms with Gasteiger partial charge in [0, 0.05) is 24.7 Å². The second kappa shape index (κ2) is 4.85. The average molecular weight is 258 g/mol. The monoisotopic (exact) mass is 258 g/mol. The Balaban J connectivity index is 2.20. The second-order valence-corrected chi connectivity index (χ2v) is 4.44. The molecular formula is C14H14N2O3. The lowest BCUT2D eigenvalue weighted by atomic mass is 10.1. The van der Waals surface area contributed by atoms with E-state index in [0.29, 0.717) is 24.2 Å². The number of aromatic carboxylic acids is 1. The van der Waals surface area contributed by atoms with Gasteiger partial charge >= 0.3 is 5.97 Å². The Bertz CT molecular complexity index is 616. The number of carboxylic acid groups (broad SMARTS) is 1. The molecule has 0 amide bonds. The topological polar surface area (TPSA) is 62.7 Å². The van der Waals surface area contributed by atoms with Crippen LogP contribution < -0.4 is 4.90 Å². The van der Waals surface area contributed by atoms with Crippen molar-refractivity contribution >= 4 is 22.6 Å². The van der Waals surface area contributed by atoms with Gasteiger partial charge in [-0.25, -0.2) is 9.78 Å². The van der Waals surface area contributed by atoms with E-state index in [-0.39, 0.29) is 0 Å². The molecule has 0 bridgehead atoms. The fraction of sp³-hybridized carbons (Fsp3) is 0.286. The second-order valence-electron chi connectivity index (χ2n) is 4.44. The number of benzene rings is 1. The Morgan fingerprint density at radius 3 is 2.79 bits per heavy atom. The minimum atomic E-state index is -0.923. The summed E-state index contributed by atoms with van der Waals surface area (Å²) in [6, 6.07) is 7.13. The summed E-state index contributed by atoms with van der Waals surface area (Å²) in [6.07, 6.45) is 1.72. The van der Waals surface area contributed by atoms with E-state index < -0.39 is 5.97 Å². The summed E-state index contributed by atoms with van der Waals surface area (Å²) in [7, 11) is 0. The van der Waals surface area contributed by atoms with Crippen molar-refractivity contribution in [1.82, 2.24) is 4.98 Å². The fourth-order valence-corrected chi connectivity index (χ4v) is 2.40. The molecule has 2 aromatic rings. The summed E-state index contributed by atoms with van der Waals surface area (Å²) in [5, 5.41) is 10.9. The summed E-state index contributed by atoms with van der Waals surface area (Å²) in [6.45, 7) is 2.76. The molecule has 1 aromatic heterocycles. The minimum absolute atomic E-state index is 0.298. The van der Waals surface area contributed by atoms with E-state index in [1.54, 1.807) is 18.3 Å². The average Bonchev–Trinajstić information content (AvgIpc) is 2.46. The highest BCUT2D eigenvalue weighted by molar-refractivity contribution is 6.08. The molecule has 2 heterocycles. The quantitative estimate of drug-likeness (QED) is 0.889. The number of rotatable bonds is 2. The summed E-state index contributed by atoms with van der Waals surface area (Å²) < 4.78 is 5.33. The van der Waals surface area contributed by atoms with Gasteiger partial charge in [-0.3, -0.25) is 0 Å². The van der Waals surface area contributed by atoms with Gasteiger partial charge in [0.2, 0.25) is 0 Å². The van der Waals surface area contributed by atoms with E-state index in [0.717, 1.165) is 24.3 Å². The van der Waals surface area contributed by atoms with E-state index in [9.17, 15) is 9.90 Å². The van der Waals surface area contributed by atoms with E-state index in [1.165, 1.54) is 0 Å². The first-order valence-electron chi connectivity index (χ1n) is 6.21. The van der Waals surface area contributed by atoms with Gasteiger partial charge in [0.05, 0.1) is 18.8 Å². The van der Waals surface area contributed by atoms with Gasteiger partial charge in [-0.15, -0.1) is 0 Å². The first-order chi connectivity index (χ1) is 9.27. The van der Waals surface area contributed by atoms with Crippen molar-refractivity contribution in [2.75, 3.05) is 31.2 Å². The van der Waals surface area contributed by atoms with Gasteiger partial charge in [-0.2, -0.15) is 0 Å². The Hall–Kier alpha value is -2.14. The van der Waals surface area contributed by atoms with E-state index in [2.05, 4.69) is 9.88 Å². The van der Waals surface area contributed by atoms with Crippen molar-refractivity contribution in [2.45, 2.75) is 0 Å². The van der Waals surface area contributed by atoms with Crippen LogP contribution >= 0.6 is 0 Å². The van der Waals surface area contributed by atoms with Crippen molar-refractivity contribution in [2.24, 2.45) is 0 Å². The number of pyridine rings is 1. The zero-order valence-electron chi connectivity index (χ0n) is 10.4. The summed E-state index contributed by atoms with van der Waals surface area (Å²) in [5.41, 5.74) is 0.298. The van der Waals surface area contributed by atoms with Gasteiger partial charge in [0.15, 0.2) is 0 Å². The van der Waals surface area contributed by atoms with Gasteiger partial charge in [0.1, 0.15) is 5.82 Å². The third-order valence-electron chi connectivity index (χ3n) is 3.31. The van der Waals surface area contributed by atoms with E-state index in [1.807, 2.05) is 12.1 Å². The first kappa shape index (κ1) is 11.9. The normalized spacial score (nSPS) is 15.7. The number of carbonyl (C=O) groups is 1. The van der Waals surface area contributed by atoms with Crippen molar-refractivity contribution in [1.29, 1.82) is 0 Å². The third kappa shape index (κ3) is 2.13. The van der Waals surface area contributed by atoms with Crippen molar-refractivity contribution in [3.05, 3.63) is 36.0 Å². The summed E-state index contributed by atoms with van der Waals surface area (Å²) in [4.78, 5) is 17.8. The van der Waals surface area contributed by atoms with Crippen LogP contribution in [0.15, 0.2) is 30.5 Å². The molecule has 19 heavy (non-hydrogen) atoms. The molecule has 0 aliphatic carbocycles. The standard InChI is InChI=1S/C14H14N2O3/c17-14(18)11-3-1-2-10-4-5-15-13(12(10)11)16-6-8-19-9-7-16/h1-5H,6-9H2,(H,17,18). The zero-order valence-corrected chi connectivity index (χ0v) is 10.4. The molecule has 98 valence electrons. The molecule has 1 fully saturated rings. The molecule has 1 aromatic carbocycles. The lowest BCUT2D eigenvalue weighted by Crippen LogP contribution is -2.37. The van der Waals surface area contributed by atoms with Gasteiger partial charge in [0.25, 0.3) is 0 Å². The molecular weight excluding hydrogens is 244 g/mol. The summed E-state index contributed by atoms with van der Waals surface area (Å²) in [5.74, 6) is -0.188. The molecule has 0 saturated carbocycles. The van der Waals surface area contributed by atoms with Crippen LogP contribution in [-0.4, -0.2) is 42.4 Å². The predicted octanol–water partition coefficient (Wildman–Crippen LogP) is 1.77. The van der Waals surface area contributed by atoms with Gasteiger partial charge in [-0.1, -0.05) is 12.1 Å². The molecule has 0 spiro atoms. The first-order valence-corrected chi connectivity index (χ1v) is 6.21. The molecule has 3 rings (SSSR count). The van der Waals surface area contributed by atoms with Crippen LogP contribution in [0.5, 0.6) is 0 Å². The molecule has 1 aliphatic heterocycles. The molecule has 5 heteroatoms. The number of fused-ring (bicyclic) bond motifs is 1. The molecule has 0 unspecified atom stereocenters. The number of aromatic nitrogens is 1. The van der Waals surface area contributed by atoms with Crippen molar-refractivity contribution in [3.63, 3.8) is 0 Å². The van der Waals surface area contributed by atoms with E-state index in [4.69, 9.17) is 4.74 Å².